The highest BCUT2D eigenvalue weighted by atomic mass is 32.2. The number of methoxy groups -OCH3 is 1. The second-order valence-corrected chi connectivity index (χ2v) is 8.47. The van der Waals surface area contributed by atoms with Gasteiger partial charge in [0.15, 0.2) is 16.4 Å². The van der Waals surface area contributed by atoms with Crippen molar-refractivity contribution in [1.29, 1.82) is 0 Å². The number of aromatic nitrogens is 4. The largest absolute Gasteiger partial charge is 0.487 e. The van der Waals surface area contributed by atoms with Crippen LogP contribution in [0.5, 0.6) is 11.6 Å². The summed E-state index contributed by atoms with van der Waals surface area (Å²) in [6.07, 6.45) is 2.12. The molecule has 4 rings (SSSR count). The number of hydrogen-bond acceptors (Lipinski definition) is 7. The van der Waals surface area contributed by atoms with Gasteiger partial charge in [-0.25, -0.2) is 31.6 Å². The number of ether oxygens (including phenoxy) is 2. The van der Waals surface area contributed by atoms with Crippen molar-refractivity contribution in [3.05, 3.63) is 65.4 Å². The maximum atomic E-state index is 15.0. The predicted octanol–water partition coefficient (Wildman–Crippen LogP) is 3.47. The number of hydrogen-bond donors (Lipinski definition) is 2. The lowest BCUT2D eigenvalue weighted by Crippen LogP contribution is -2.17. The van der Waals surface area contributed by atoms with Gasteiger partial charge in [-0.3, -0.25) is 9.82 Å². The van der Waals surface area contributed by atoms with Gasteiger partial charge in [-0.1, -0.05) is 0 Å². The molecule has 1 aromatic carbocycles. The minimum absolute atomic E-state index is 0.229. The van der Waals surface area contributed by atoms with E-state index in [1.54, 1.807) is 13.0 Å². The van der Waals surface area contributed by atoms with Gasteiger partial charge in [0.25, 0.3) is 10.0 Å². The number of H-pyrrole nitrogens is 1. The first kappa shape index (κ1) is 22.3. The molecule has 3 heterocycles. The van der Waals surface area contributed by atoms with Crippen molar-refractivity contribution in [2.75, 3.05) is 11.8 Å². The molecule has 0 bridgehead atoms. The summed E-state index contributed by atoms with van der Waals surface area (Å²) in [5.74, 6) is -3.26. The van der Waals surface area contributed by atoms with E-state index in [0.717, 1.165) is 25.4 Å². The normalized spacial score (nSPS) is 11.5. The molecule has 33 heavy (non-hydrogen) atoms. The molecule has 172 valence electrons. The molecule has 0 saturated heterocycles. The van der Waals surface area contributed by atoms with Crippen molar-refractivity contribution in [1.82, 2.24) is 20.2 Å². The fourth-order valence-electron chi connectivity index (χ4n) is 3.00. The van der Waals surface area contributed by atoms with Crippen LogP contribution in [-0.4, -0.2) is 35.7 Å². The van der Waals surface area contributed by atoms with Crippen molar-refractivity contribution < 1.29 is 31.1 Å². The van der Waals surface area contributed by atoms with Gasteiger partial charge in [0.2, 0.25) is 5.88 Å². The van der Waals surface area contributed by atoms with Gasteiger partial charge in [0, 0.05) is 11.5 Å². The molecule has 9 nitrogen and oxygen atoms in total. The quantitative estimate of drug-likeness (QED) is 0.417. The molecule has 0 amide bonds. The average molecular weight is 479 g/mol. The summed E-state index contributed by atoms with van der Waals surface area (Å²) in [6, 6.07) is 4.04. The first-order valence-electron chi connectivity index (χ1n) is 9.32. The lowest BCUT2D eigenvalue weighted by molar-refractivity contribution is 0.292. The van der Waals surface area contributed by atoms with Crippen LogP contribution in [-0.2, 0) is 16.6 Å². The molecule has 0 aliphatic carbocycles. The van der Waals surface area contributed by atoms with Gasteiger partial charge in [-0.2, -0.15) is 5.10 Å². The monoisotopic (exact) mass is 479 g/mol. The van der Waals surface area contributed by atoms with Crippen LogP contribution in [0, 0.1) is 24.4 Å². The molecular weight excluding hydrogens is 463 g/mol. The van der Waals surface area contributed by atoms with Crippen LogP contribution in [0.1, 0.15) is 11.3 Å². The molecule has 0 spiro atoms. The van der Waals surface area contributed by atoms with Crippen LogP contribution in [0.3, 0.4) is 0 Å². The minimum Gasteiger partial charge on any atom is -0.487 e. The van der Waals surface area contributed by atoms with Gasteiger partial charge < -0.3 is 9.47 Å². The van der Waals surface area contributed by atoms with Gasteiger partial charge in [-0.05, 0) is 25.1 Å². The number of nitrogens with one attached hydrogen (secondary N) is 2. The Labute approximate surface area is 185 Å². The summed E-state index contributed by atoms with van der Waals surface area (Å²) in [6.45, 7) is 1.20. The number of aromatic amines is 1. The molecule has 0 fully saturated rings. The Bertz CT molecular complexity index is 1460. The third-order valence-electron chi connectivity index (χ3n) is 4.66. The minimum atomic E-state index is -4.52. The highest BCUT2D eigenvalue weighted by Gasteiger charge is 2.25. The molecule has 4 aromatic rings. The van der Waals surface area contributed by atoms with Crippen molar-refractivity contribution in [3.63, 3.8) is 0 Å². The Morgan fingerprint density at radius 3 is 2.67 bits per heavy atom. The molecule has 3 aromatic heterocycles. The van der Waals surface area contributed by atoms with Gasteiger partial charge in [0.05, 0.1) is 36.4 Å². The lowest BCUT2D eigenvalue weighted by atomic mass is 10.2. The molecule has 2 N–H and O–H groups in total. The first-order chi connectivity index (χ1) is 15.7. The van der Waals surface area contributed by atoms with Crippen molar-refractivity contribution in [3.8, 4) is 11.6 Å². The van der Waals surface area contributed by atoms with E-state index < -0.39 is 56.1 Å². The Kier molecular flexibility index (Phi) is 5.80. The SMILES string of the molecule is COc1ncc(F)cc1S(=O)(=O)Nc1ccc(F)c(COc2cnc3[nH]nc(C)c3c2)c1F. The predicted molar refractivity (Wildman–Crippen MR) is 111 cm³/mol. The van der Waals surface area contributed by atoms with E-state index >= 15 is 4.39 Å². The summed E-state index contributed by atoms with van der Waals surface area (Å²) in [5, 5.41) is 7.40. The number of pyridine rings is 2. The zero-order valence-electron chi connectivity index (χ0n) is 17.2. The Morgan fingerprint density at radius 1 is 1.12 bits per heavy atom. The smallest absolute Gasteiger partial charge is 0.267 e. The van der Waals surface area contributed by atoms with Crippen molar-refractivity contribution in [2.45, 2.75) is 18.4 Å². The van der Waals surface area contributed by atoms with Gasteiger partial charge >= 0.3 is 0 Å². The first-order valence-corrected chi connectivity index (χ1v) is 10.8. The maximum Gasteiger partial charge on any atom is 0.267 e. The zero-order valence-corrected chi connectivity index (χ0v) is 18.0. The van der Waals surface area contributed by atoms with Crippen LogP contribution in [0.15, 0.2) is 41.6 Å². The number of fused-ring (bicyclic) bond motifs is 1. The topological polar surface area (TPSA) is 119 Å². The van der Waals surface area contributed by atoms with Crippen LogP contribution < -0.4 is 14.2 Å². The van der Waals surface area contributed by atoms with E-state index in [-0.39, 0.29) is 5.75 Å². The molecular formula is C20H16F3N5O4S. The van der Waals surface area contributed by atoms with E-state index in [0.29, 0.717) is 22.8 Å². The maximum absolute atomic E-state index is 15.0. The number of benzene rings is 1. The molecule has 0 saturated carbocycles. The highest BCUT2D eigenvalue weighted by molar-refractivity contribution is 7.92. The fourth-order valence-corrected chi connectivity index (χ4v) is 4.20. The second kappa shape index (κ2) is 8.58. The zero-order chi connectivity index (χ0) is 23.8. The number of anilines is 1. The number of rotatable bonds is 7. The number of nitrogens with zero attached hydrogens (tertiary/aromatic N) is 3. The second-order valence-electron chi connectivity index (χ2n) is 6.82. The summed E-state index contributed by atoms with van der Waals surface area (Å²) in [7, 11) is -3.38. The third-order valence-corrected chi connectivity index (χ3v) is 6.02. The van der Waals surface area contributed by atoms with Gasteiger partial charge in [-0.15, -0.1) is 0 Å². The van der Waals surface area contributed by atoms with E-state index in [4.69, 9.17) is 9.47 Å². The summed E-state index contributed by atoms with van der Waals surface area (Å²) in [4.78, 5) is 7.00. The van der Waals surface area contributed by atoms with Crippen LogP contribution >= 0.6 is 0 Å². The standard InChI is InChI=1S/C20H16F3N5O4S/c1-10-13-6-12(8-24-19(13)27-26-10)32-9-14-15(22)3-4-16(18(14)23)28-33(29,30)17-5-11(21)7-25-20(17)31-2/h3-8,28H,9H2,1-2H3,(H,24,26,27). The van der Waals surface area contributed by atoms with Crippen molar-refractivity contribution >= 4 is 26.7 Å². The molecule has 0 radical (unpaired) electrons. The van der Waals surface area contributed by atoms with Crippen molar-refractivity contribution in [2.24, 2.45) is 0 Å². The van der Waals surface area contributed by atoms with E-state index in [1.807, 2.05) is 4.72 Å². The average Bonchev–Trinajstić information content (AvgIpc) is 3.16. The Morgan fingerprint density at radius 2 is 1.91 bits per heavy atom. The van der Waals surface area contributed by atoms with Crippen LogP contribution in [0.4, 0.5) is 18.9 Å². The fraction of sp³-hybridized carbons (Fsp3) is 0.150. The summed E-state index contributed by atoms with van der Waals surface area (Å²) < 4.78 is 80.5. The molecule has 0 unspecified atom stereocenters. The summed E-state index contributed by atoms with van der Waals surface area (Å²) >= 11 is 0. The van der Waals surface area contributed by atoms with Crippen LogP contribution in [0.25, 0.3) is 11.0 Å². The number of halogens is 3. The number of aryl methyl sites for hydroxylation is 1. The molecule has 0 aliphatic rings. The summed E-state index contributed by atoms with van der Waals surface area (Å²) in [5.41, 5.74) is 0.0963. The lowest BCUT2D eigenvalue weighted by Gasteiger charge is -2.14. The Hall–Kier alpha value is -3.87. The van der Waals surface area contributed by atoms with Gasteiger partial charge in [0.1, 0.15) is 24.0 Å². The molecule has 0 aliphatic heterocycles. The third kappa shape index (κ3) is 4.39. The van der Waals surface area contributed by atoms with E-state index in [9.17, 15) is 17.2 Å². The Balaban J connectivity index is 1.61. The molecule has 0 atom stereocenters. The molecule has 13 heteroatoms. The number of sulfonamides is 1. The van der Waals surface area contributed by atoms with E-state index in [1.165, 1.54) is 6.20 Å². The van der Waals surface area contributed by atoms with Crippen LogP contribution in [0.2, 0.25) is 0 Å². The van der Waals surface area contributed by atoms with E-state index in [2.05, 4.69) is 20.2 Å². The highest BCUT2D eigenvalue weighted by Crippen LogP contribution is 2.28.